The molecule has 3 nitrogen and oxygen atoms in total. The Hall–Kier alpha value is -1.52. The fourth-order valence-electron chi connectivity index (χ4n) is 2.70. The van der Waals surface area contributed by atoms with Gasteiger partial charge in [0, 0.05) is 16.4 Å². The van der Waals surface area contributed by atoms with E-state index in [4.69, 9.17) is 11.6 Å². The molecule has 1 aliphatic carbocycles. The Labute approximate surface area is 133 Å². The number of fused-ring (bicyclic) bond motifs is 1. The molecule has 0 saturated heterocycles. The van der Waals surface area contributed by atoms with Gasteiger partial charge in [-0.2, -0.15) is 0 Å². The van der Waals surface area contributed by atoms with Crippen molar-refractivity contribution in [2.24, 2.45) is 0 Å². The zero-order chi connectivity index (χ0) is 14.7. The standard InChI is InChI=1S/C16H17ClN2OS/c17-12-4-5-14-11(10-12)3-6-15(14)19-16(20)18-8-7-13-2-1-9-21-13/h1-2,4-5,9-10,15H,3,6-8H2,(H2,18,19,20). The van der Waals surface area contributed by atoms with E-state index in [1.807, 2.05) is 24.3 Å². The summed E-state index contributed by atoms with van der Waals surface area (Å²) in [6.45, 7) is 0.659. The molecule has 2 aromatic rings. The number of rotatable bonds is 4. The first-order valence-electron chi connectivity index (χ1n) is 7.07. The molecule has 1 heterocycles. The van der Waals surface area contributed by atoms with Crippen LogP contribution in [0.5, 0.6) is 0 Å². The van der Waals surface area contributed by atoms with Crippen LogP contribution in [0.2, 0.25) is 5.02 Å². The molecule has 0 fully saturated rings. The minimum atomic E-state index is -0.0978. The maximum absolute atomic E-state index is 12.0. The highest BCUT2D eigenvalue weighted by atomic mass is 35.5. The van der Waals surface area contributed by atoms with Gasteiger partial charge in [-0.3, -0.25) is 0 Å². The molecule has 0 saturated carbocycles. The molecule has 1 unspecified atom stereocenters. The van der Waals surface area contributed by atoms with Crippen LogP contribution < -0.4 is 10.6 Å². The van der Waals surface area contributed by atoms with Crippen molar-refractivity contribution < 1.29 is 4.79 Å². The first-order chi connectivity index (χ1) is 10.2. The number of thiophene rings is 1. The van der Waals surface area contributed by atoms with Crippen LogP contribution in [0.3, 0.4) is 0 Å². The van der Waals surface area contributed by atoms with Crippen molar-refractivity contribution in [1.82, 2.24) is 10.6 Å². The minimum Gasteiger partial charge on any atom is -0.338 e. The lowest BCUT2D eigenvalue weighted by Crippen LogP contribution is -2.38. The van der Waals surface area contributed by atoms with Crippen LogP contribution >= 0.6 is 22.9 Å². The molecule has 1 aromatic heterocycles. The molecule has 0 aliphatic heterocycles. The number of aryl methyl sites for hydroxylation is 1. The molecule has 2 amide bonds. The SMILES string of the molecule is O=C(NCCc1cccs1)NC1CCc2cc(Cl)ccc21. The Kier molecular flexibility index (Phi) is 4.46. The Morgan fingerprint density at radius 3 is 3.10 bits per heavy atom. The molecule has 0 spiro atoms. The number of hydrogen-bond donors (Lipinski definition) is 2. The molecule has 0 bridgehead atoms. The number of benzene rings is 1. The Balaban J connectivity index is 1.50. The summed E-state index contributed by atoms with van der Waals surface area (Å²) in [5, 5.41) is 8.78. The van der Waals surface area contributed by atoms with E-state index >= 15 is 0 Å². The van der Waals surface area contributed by atoms with Crippen molar-refractivity contribution in [3.63, 3.8) is 0 Å². The maximum atomic E-state index is 12.0. The first kappa shape index (κ1) is 14.4. The van der Waals surface area contributed by atoms with Crippen molar-refractivity contribution in [2.45, 2.75) is 25.3 Å². The Morgan fingerprint density at radius 1 is 1.38 bits per heavy atom. The second-order valence-corrected chi connectivity index (χ2v) is 6.63. The van der Waals surface area contributed by atoms with E-state index in [1.165, 1.54) is 16.0 Å². The average Bonchev–Trinajstić information content (AvgIpc) is 3.09. The largest absolute Gasteiger partial charge is 0.338 e. The lowest BCUT2D eigenvalue weighted by atomic mass is 10.1. The highest BCUT2D eigenvalue weighted by Crippen LogP contribution is 2.32. The third-order valence-corrected chi connectivity index (χ3v) is 4.90. The predicted octanol–water partition coefficient (Wildman–Crippen LogP) is 3.93. The summed E-state index contributed by atoms with van der Waals surface area (Å²) in [6, 6.07) is 10.0. The van der Waals surface area contributed by atoms with Crippen LogP contribution in [0.4, 0.5) is 4.79 Å². The van der Waals surface area contributed by atoms with Crippen LogP contribution in [-0.4, -0.2) is 12.6 Å². The number of hydrogen-bond acceptors (Lipinski definition) is 2. The third-order valence-electron chi connectivity index (χ3n) is 3.73. The second kappa shape index (κ2) is 6.50. The maximum Gasteiger partial charge on any atom is 0.315 e. The predicted molar refractivity (Wildman–Crippen MR) is 87.1 cm³/mol. The van der Waals surface area contributed by atoms with Gasteiger partial charge in [-0.25, -0.2) is 4.79 Å². The molecule has 21 heavy (non-hydrogen) atoms. The van der Waals surface area contributed by atoms with E-state index in [-0.39, 0.29) is 12.1 Å². The highest BCUT2D eigenvalue weighted by molar-refractivity contribution is 7.09. The molecule has 5 heteroatoms. The lowest BCUT2D eigenvalue weighted by Gasteiger charge is -2.15. The van der Waals surface area contributed by atoms with Gasteiger partial charge >= 0.3 is 6.03 Å². The summed E-state index contributed by atoms with van der Waals surface area (Å²) < 4.78 is 0. The average molecular weight is 321 g/mol. The number of carbonyl (C=O) groups is 1. The number of nitrogens with one attached hydrogen (secondary N) is 2. The molecule has 1 atom stereocenters. The van der Waals surface area contributed by atoms with Gasteiger partial charge in [-0.1, -0.05) is 23.7 Å². The fourth-order valence-corrected chi connectivity index (χ4v) is 3.60. The number of amides is 2. The fraction of sp³-hybridized carbons (Fsp3) is 0.312. The quantitative estimate of drug-likeness (QED) is 0.880. The van der Waals surface area contributed by atoms with Gasteiger partial charge < -0.3 is 10.6 Å². The highest BCUT2D eigenvalue weighted by Gasteiger charge is 2.23. The minimum absolute atomic E-state index is 0.0963. The van der Waals surface area contributed by atoms with Crippen LogP contribution in [0.1, 0.15) is 28.5 Å². The van der Waals surface area contributed by atoms with Gasteiger partial charge in [0.05, 0.1) is 6.04 Å². The molecule has 1 aromatic carbocycles. The smallest absolute Gasteiger partial charge is 0.315 e. The topological polar surface area (TPSA) is 41.1 Å². The summed E-state index contributed by atoms with van der Waals surface area (Å²) >= 11 is 7.71. The number of halogens is 1. The first-order valence-corrected chi connectivity index (χ1v) is 8.33. The molecule has 0 radical (unpaired) electrons. The van der Waals surface area contributed by atoms with E-state index in [2.05, 4.69) is 22.1 Å². The van der Waals surface area contributed by atoms with E-state index in [0.29, 0.717) is 6.54 Å². The van der Waals surface area contributed by atoms with Crippen molar-refractivity contribution in [2.75, 3.05) is 6.54 Å². The summed E-state index contributed by atoms with van der Waals surface area (Å²) in [5.74, 6) is 0. The van der Waals surface area contributed by atoms with E-state index in [0.717, 1.165) is 24.3 Å². The molecule has 1 aliphatic rings. The summed E-state index contributed by atoms with van der Waals surface area (Å²) in [6.07, 6.45) is 2.78. The van der Waals surface area contributed by atoms with Crippen molar-refractivity contribution in [1.29, 1.82) is 0 Å². The molecular weight excluding hydrogens is 304 g/mol. The van der Waals surface area contributed by atoms with E-state index in [9.17, 15) is 4.79 Å². The Morgan fingerprint density at radius 2 is 2.29 bits per heavy atom. The zero-order valence-corrected chi connectivity index (χ0v) is 13.1. The summed E-state index contributed by atoms with van der Waals surface area (Å²) in [7, 11) is 0. The second-order valence-electron chi connectivity index (χ2n) is 5.16. The van der Waals surface area contributed by atoms with E-state index < -0.39 is 0 Å². The molecular formula is C16H17ClN2OS. The van der Waals surface area contributed by atoms with Gasteiger partial charge in [0.25, 0.3) is 0 Å². The van der Waals surface area contributed by atoms with Crippen LogP contribution in [0, 0.1) is 0 Å². The van der Waals surface area contributed by atoms with Gasteiger partial charge in [-0.05, 0) is 54.0 Å². The lowest BCUT2D eigenvalue weighted by molar-refractivity contribution is 0.237. The monoisotopic (exact) mass is 320 g/mol. The van der Waals surface area contributed by atoms with Gasteiger partial charge in [-0.15, -0.1) is 11.3 Å². The third kappa shape index (κ3) is 3.57. The van der Waals surface area contributed by atoms with Crippen molar-refractivity contribution >= 4 is 29.0 Å². The van der Waals surface area contributed by atoms with Gasteiger partial charge in [0.15, 0.2) is 0 Å². The zero-order valence-electron chi connectivity index (χ0n) is 11.6. The number of carbonyl (C=O) groups excluding carboxylic acids is 1. The normalized spacial score (nSPS) is 16.5. The van der Waals surface area contributed by atoms with Crippen LogP contribution in [0.15, 0.2) is 35.7 Å². The van der Waals surface area contributed by atoms with Crippen LogP contribution in [0.25, 0.3) is 0 Å². The molecule has 110 valence electrons. The van der Waals surface area contributed by atoms with Crippen molar-refractivity contribution in [3.8, 4) is 0 Å². The van der Waals surface area contributed by atoms with E-state index in [1.54, 1.807) is 11.3 Å². The Bertz CT molecular complexity index is 627. The number of urea groups is 1. The molecule has 3 rings (SSSR count). The molecule has 2 N–H and O–H groups in total. The summed E-state index contributed by atoms with van der Waals surface area (Å²) in [5.41, 5.74) is 2.43. The van der Waals surface area contributed by atoms with Gasteiger partial charge in [0.1, 0.15) is 0 Å². The van der Waals surface area contributed by atoms with Crippen LogP contribution in [-0.2, 0) is 12.8 Å². The van der Waals surface area contributed by atoms with Crippen molar-refractivity contribution in [3.05, 3.63) is 56.7 Å². The van der Waals surface area contributed by atoms with Gasteiger partial charge in [0.2, 0.25) is 0 Å². The summed E-state index contributed by atoms with van der Waals surface area (Å²) in [4.78, 5) is 13.2.